The van der Waals surface area contributed by atoms with Crippen molar-refractivity contribution in [1.82, 2.24) is 5.32 Å². The lowest BCUT2D eigenvalue weighted by atomic mass is 10.1. The van der Waals surface area contributed by atoms with Gasteiger partial charge in [-0.15, -0.1) is 0 Å². The molecule has 0 bridgehead atoms. The molecule has 3 heteroatoms. The summed E-state index contributed by atoms with van der Waals surface area (Å²) in [6, 6.07) is 9.14. The highest BCUT2D eigenvalue weighted by molar-refractivity contribution is 5.79. The van der Waals surface area contributed by atoms with Crippen molar-refractivity contribution in [1.29, 1.82) is 0 Å². The van der Waals surface area contributed by atoms with Crippen LogP contribution in [0.1, 0.15) is 57.4 Å². The highest BCUT2D eigenvalue weighted by Crippen LogP contribution is 2.07. The average Bonchev–Trinajstić information content (AvgIpc) is 2.51. The van der Waals surface area contributed by atoms with Crippen molar-refractivity contribution in [3.63, 3.8) is 0 Å². The maximum Gasteiger partial charge on any atom is 0.223 e. The van der Waals surface area contributed by atoms with E-state index in [-0.39, 0.29) is 5.91 Å². The first-order chi connectivity index (χ1) is 10.3. The molecule has 21 heavy (non-hydrogen) atoms. The molecule has 0 aliphatic carbocycles. The maximum absolute atomic E-state index is 11.8. The quantitative estimate of drug-likeness (QED) is 0.633. The molecule has 1 aromatic rings. The first-order valence-electron chi connectivity index (χ1n) is 7.97. The van der Waals surface area contributed by atoms with Crippen molar-refractivity contribution >= 4 is 12.2 Å². The van der Waals surface area contributed by atoms with E-state index >= 15 is 0 Å². The molecule has 1 atom stereocenters. The van der Waals surface area contributed by atoms with Gasteiger partial charge < -0.3 is 5.32 Å². The lowest BCUT2D eigenvalue weighted by Crippen LogP contribution is -2.37. The van der Waals surface area contributed by atoms with Crippen molar-refractivity contribution in [3.8, 4) is 0 Å². The minimum absolute atomic E-state index is 0.0465. The predicted octanol–water partition coefficient (Wildman–Crippen LogP) is 3.57. The van der Waals surface area contributed by atoms with E-state index < -0.39 is 6.04 Å². The van der Waals surface area contributed by atoms with Gasteiger partial charge >= 0.3 is 0 Å². The number of hydrogen-bond acceptors (Lipinski definition) is 2. The Labute approximate surface area is 128 Å². The monoisotopic (exact) mass is 288 g/mol. The minimum Gasteiger partial charge on any atom is -0.345 e. The van der Waals surface area contributed by atoms with Crippen molar-refractivity contribution in [3.05, 3.63) is 35.9 Å². The van der Waals surface area contributed by atoms with Gasteiger partial charge in [0.25, 0.3) is 0 Å². The van der Waals surface area contributed by atoms with Crippen LogP contribution in [0, 0.1) is 0 Å². The smallest absolute Gasteiger partial charge is 0.223 e. The molecular weight excluding hydrogens is 262 g/mol. The summed E-state index contributed by atoms with van der Waals surface area (Å²) < 4.78 is 0. The summed E-state index contributed by atoms with van der Waals surface area (Å²) in [7, 11) is 0. The van der Waals surface area contributed by atoms with Gasteiger partial charge in [-0.25, -0.2) is 0 Å². The zero-order valence-corrected chi connectivity index (χ0v) is 12.9. The molecule has 0 saturated carbocycles. The Bertz CT molecular complexity index is 403. The average molecular weight is 288 g/mol. The van der Waals surface area contributed by atoms with E-state index in [9.17, 15) is 9.59 Å². The van der Waals surface area contributed by atoms with Crippen LogP contribution in [0.25, 0.3) is 0 Å². The number of nitrogens with one attached hydrogen (secondary N) is 1. The molecule has 1 amide bonds. The molecule has 3 nitrogen and oxygen atoms in total. The van der Waals surface area contributed by atoms with E-state index in [1.165, 1.54) is 25.7 Å². The van der Waals surface area contributed by atoms with Gasteiger partial charge in [-0.2, -0.15) is 0 Å². The minimum atomic E-state index is -0.542. The van der Waals surface area contributed by atoms with Gasteiger partial charge in [0.05, 0.1) is 6.04 Å². The Morgan fingerprint density at radius 1 is 1.10 bits per heavy atom. The van der Waals surface area contributed by atoms with E-state index in [1.807, 2.05) is 36.6 Å². The standard InChI is InChI=1S/C18H26NO2/c1-2-3-4-5-6-10-13-18(21)19-17(15-20)14-16-11-8-7-9-12-16/h7-9,11-12,17H,2-6,10,13-14H2,1H3,(H,19,21). The van der Waals surface area contributed by atoms with Gasteiger partial charge in [0.2, 0.25) is 12.2 Å². The highest BCUT2D eigenvalue weighted by Gasteiger charge is 2.12. The van der Waals surface area contributed by atoms with Crippen LogP contribution < -0.4 is 5.32 Å². The number of carbonyl (C=O) groups excluding carboxylic acids is 2. The third-order valence-corrected chi connectivity index (χ3v) is 3.52. The van der Waals surface area contributed by atoms with Gasteiger partial charge in [-0.05, 0) is 12.0 Å². The Kier molecular flexibility index (Phi) is 9.18. The zero-order chi connectivity index (χ0) is 15.3. The third kappa shape index (κ3) is 8.28. The molecule has 1 aromatic carbocycles. The molecular formula is C18H26NO2. The molecule has 0 heterocycles. The van der Waals surface area contributed by atoms with Crippen molar-refractivity contribution < 1.29 is 9.59 Å². The second-order valence-electron chi connectivity index (χ2n) is 5.45. The normalized spacial score (nSPS) is 11.9. The summed E-state index contributed by atoms with van der Waals surface area (Å²) in [6.45, 7) is 2.19. The largest absolute Gasteiger partial charge is 0.345 e. The predicted molar refractivity (Wildman–Crippen MR) is 85.8 cm³/mol. The fourth-order valence-corrected chi connectivity index (χ4v) is 2.30. The fraction of sp³-hybridized carbons (Fsp3) is 0.556. The molecule has 0 spiro atoms. The Balaban J connectivity index is 2.20. The van der Waals surface area contributed by atoms with E-state index in [2.05, 4.69) is 12.2 Å². The molecule has 1 rings (SSSR count). The molecule has 115 valence electrons. The number of rotatable bonds is 11. The summed E-state index contributed by atoms with van der Waals surface area (Å²) in [5.41, 5.74) is 1.03. The topological polar surface area (TPSA) is 46.2 Å². The van der Waals surface area contributed by atoms with Crippen LogP contribution in [-0.2, 0) is 16.0 Å². The Morgan fingerprint density at radius 3 is 2.43 bits per heavy atom. The first kappa shape index (κ1) is 17.4. The first-order valence-corrected chi connectivity index (χ1v) is 7.97. The van der Waals surface area contributed by atoms with E-state index in [0.717, 1.165) is 18.4 Å². The van der Waals surface area contributed by atoms with Crippen molar-refractivity contribution in [2.45, 2.75) is 64.3 Å². The molecule has 0 aromatic heterocycles. The summed E-state index contributed by atoms with van der Waals surface area (Å²) in [6.07, 6.45) is 9.84. The van der Waals surface area contributed by atoms with Crippen LogP contribution in [0.2, 0.25) is 0 Å². The van der Waals surface area contributed by atoms with Gasteiger partial charge in [0.1, 0.15) is 0 Å². The second kappa shape index (κ2) is 11.1. The molecule has 1 radical (unpaired) electrons. The van der Waals surface area contributed by atoms with E-state index in [4.69, 9.17) is 0 Å². The van der Waals surface area contributed by atoms with Crippen LogP contribution in [0.3, 0.4) is 0 Å². The molecule has 0 saturated heterocycles. The SMILES string of the molecule is CCCCCCCCC(=O)NC([C]=O)Cc1ccccc1. The van der Waals surface area contributed by atoms with Crippen LogP contribution in [0.4, 0.5) is 0 Å². The van der Waals surface area contributed by atoms with Crippen molar-refractivity contribution in [2.75, 3.05) is 0 Å². The number of unbranched alkanes of at least 4 members (excludes halogenated alkanes) is 5. The van der Waals surface area contributed by atoms with Crippen molar-refractivity contribution in [2.24, 2.45) is 0 Å². The molecule has 0 fully saturated rings. The number of amides is 1. The molecule has 0 aliphatic rings. The van der Waals surface area contributed by atoms with Gasteiger partial charge in [-0.1, -0.05) is 69.4 Å². The maximum atomic E-state index is 11.8. The number of benzene rings is 1. The van der Waals surface area contributed by atoms with Gasteiger partial charge in [0.15, 0.2) is 0 Å². The summed E-state index contributed by atoms with van der Waals surface area (Å²) >= 11 is 0. The second-order valence-corrected chi connectivity index (χ2v) is 5.45. The summed E-state index contributed by atoms with van der Waals surface area (Å²) in [5, 5.41) is 2.75. The Hall–Kier alpha value is -1.64. The van der Waals surface area contributed by atoms with Crippen LogP contribution in [-0.4, -0.2) is 18.2 Å². The van der Waals surface area contributed by atoms with Crippen LogP contribution in [0.15, 0.2) is 30.3 Å². The number of carbonyl (C=O) groups is 1. The van der Waals surface area contributed by atoms with Gasteiger partial charge in [-0.3, -0.25) is 9.59 Å². The summed E-state index contributed by atoms with van der Waals surface area (Å²) in [4.78, 5) is 22.8. The zero-order valence-electron chi connectivity index (χ0n) is 12.9. The molecule has 0 aliphatic heterocycles. The van der Waals surface area contributed by atoms with Crippen LogP contribution >= 0.6 is 0 Å². The van der Waals surface area contributed by atoms with E-state index in [0.29, 0.717) is 12.8 Å². The lowest BCUT2D eigenvalue weighted by Gasteiger charge is -2.12. The number of hydrogen-bond donors (Lipinski definition) is 1. The van der Waals surface area contributed by atoms with E-state index in [1.54, 1.807) is 0 Å². The Morgan fingerprint density at radius 2 is 1.76 bits per heavy atom. The molecule has 1 N–H and O–H groups in total. The van der Waals surface area contributed by atoms with Crippen LogP contribution in [0.5, 0.6) is 0 Å². The van der Waals surface area contributed by atoms with Gasteiger partial charge in [0, 0.05) is 12.8 Å². The highest BCUT2D eigenvalue weighted by atomic mass is 16.2. The fourth-order valence-electron chi connectivity index (χ4n) is 2.30. The summed E-state index contributed by atoms with van der Waals surface area (Å²) in [5.74, 6) is -0.0465. The lowest BCUT2D eigenvalue weighted by molar-refractivity contribution is -0.121. The third-order valence-electron chi connectivity index (χ3n) is 3.52. The molecule has 1 unspecified atom stereocenters.